The Morgan fingerprint density at radius 2 is 1.69 bits per heavy atom. The first-order valence-electron chi connectivity index (χ1n) is 10.3. The van der Waals surface area contributed by atoms with Crippen molar-refractivity contribution in [2.75, 3.05) is 6.61 Å². The monoisotopic (exact) mass is 408 g/mol. The van der Waals surface area contributed by atoms with Crippen molar-refractivity contribution >= 4 is 0 Å². The van der Waals surface area contributed by atoms with Gasteiger partial charge < -0.3 is 33.2 Å². The van der Waals surface area contributed by atoms with Gasteiger partial charge in [-0.3, -0.25) is 0 Å². The zero-order chi connectivity index (χ0) is 20.8. The van der Waals surface area contributed by atoms with Crippen molar-refractivity contribution < 1.29 is 33.2 Å². The van der Waals surface area contributed by atoms with Gasteiger partial charge in [0.1, 0.15) is 30.2 Å². The summed E-state index contributed by atoms with van der Waals surface area (Å²) in [7, 11) is 0. The standard InChI is InChI=1S/C22H32O7/c1-13(2)25-15-9-7-14(8-10-15)11-23-18-17(16-12-24-21(3,4)27-16)26-20-19(18)28-22(5,6)29-20/h7-10,13,16-20H,11-12H2,1-6H3/t16?,17-,18+,19-,20-/m1/s1. The van der Waals surface area contributed by atoms with Crippen LogP contribution < -0.4 is 4.74 Å². The van der Waals surface area contributed by atoms with Crippen molar-refractivity contribution in [2.24, 2.45) is 0 Å². The van der Waals surface area contributed by atoms with Crippen LogP contribution in [0, 0.1) is 0 Å². The van der Waals surface area contributed by atoms with Gasteiger partial charge in [-0.1, -0.05) is 12.1 Å². The molecule has 0 spiro atoms. The maximum atomic E-state index is 6.30. The molecular weight excluding hydrogens is 376 g/mol. The van der Waals surface area contributed by atoms with Gasteiger partial charge in [0.2, 0.25) is 0 Å². The summed E-state index contributed by atoms with van der Waals surface area (Å²) >= 11 is 0. The summed E-state index contributed by atoms with van der Waals surface area (Å²) < 4.78 is 41.9. The molecule has 0 aliphatic carbocycles. The van der Waals surface area contributed by atoms with Crippen molar-refractivity contribution in [2.45, 2.75) is 96.5 Å². The average Bonchev–Trinajstić information content (AvgIpc) is 3.23. The van der Waals surface area contributed by atoms with Crippen molar-refractivity contribution in [3.05, 3.63) is 29.8 Å². The number of rotatable bonds is 6. The molecule has 3 aliphatic rings. The summed E-state index contributed by atoms with van der Waals surface area (Å²) in [5, 5.41) is 0. The molecule has 3 saturated heterocycles. The molecule has 7 nitrogen and oxygen atoms in total. The first kappa shape index (κ1) is 21.0. The lowest BCUT2D eigenvalue weighted by atomic mass is 10.1. The predicted molar refractivity (Wildman–Crippen MR) is 104 cm³/mol. The van der Waals surface area contributed by atoms with Gasteiger partial charge >= 0.3 is 0 Å². The quantitative estimate of drug-likeness (QED) is 0.715. The topological polar surface area (TPSA) is 64.6 Å². The molecule has 5 atom stereocenters. The second-order valence-corrected chi connectivity index (χ2v) is 9.02. The normalized spacial score (nSPS) is 35.2. The highest BCUT2D eigenvalue weighted by atomic mass is 16.8. The van der Waals surface area contributed by atoms with Crippen LogP contribution in [0.3, 0.4) is 0 Å². The molecule has 0 radical (unpaired) electrons. The molecule has 3 aliphatic heterocycles. The van der Waals surface area contributed by atoms with Gasteiger partial charge in [0.25, 0.3) is 0 Å². The maximum absolute atomic E-state index is 6.30. The first-order valence-corrected chi connectivity index (χ1v) is 10.3. The van der Waals surface area contributed by atoms with Gasteiger partial charge in [0.05, 0.1) is 19.3 Å². The van der Waals surface area contributed by atoms with Gasteiger partial charge in [-0.25, -0.2) is 0 Å². The van der Waals surface area contributed by atoms with Gasteiger partial charge in [-0.15, -0.1) is 0 Å². The summed E-state index contributed by atoms with van der Waals surface area (Å²) in [4.78, 5) is 0. The Morgan fingerprint density at radius 1 is 0.966 bits per heavy atom. The first-order chi connectivity index (χ1) is 13.6. The van der Waals surface area contributed by atoms with E-state index < -0.39 is 17.9 Å². The fourth-order valence-electron chi connectivity index (χ4n) is 4.00. The Kier molecular flexibility index (Phi) is 5.65. The molecule has 1 aromatic rings. The second kappa shape index (κ2) is 7.80. The minimum atomic E-state index is -0.704. The van der Waals surface area contributed by atoms with Gasteiger partial charge in [-0.2, -0.15) is 0 Å². The minimum Gasteiger partial charge on any atom is -0.491 e. The van der Waals surface area contributed by atoms with Crippen LogP contribution in [-0.2, 0) is 35.0 Å². The number of hydrogen-bond acceptors (Lipinski definition) is 7. The van der Waals surface area contributed by atoms with E-state index in [1.807, 2.05) is 65.8 Å². The van der Waals surface area contributed by atoms with E-state index in [9.17, 15) is 0 Å². The highest BCUT2D eigenvalue weighted by Gasteiger charge is 2.58. The van der Waals surface area contributed by atoms with Crippen molar-refractivity contribution in [1.82, 2.24) is 0 Å². The van der Waals surface area contributed by atoms with Crippen LogP contribution >= 0.6 is 0 Å². The van der Waals surface area contributed by atoms with Crippen molar-refractivity contribution in [3.63, 3.8) is 0 Å². The highest BCUT2D eigenvalue weighted by Crippen LogP contribution is 2.42. The molecule has 0 N–H and O–H groups in total. The lowest BCUT2D eigenvalue weighted by molar-refractivity contribution is -0.236. The van der Waals surface area contributed by atoms with E-state index >= 15 is 0 Å². The number of hydrogen-bond donors (Lipinski definition) is 0. The Hall–Kier alpha value is -1.22. The average molecular weight is 408 g/mol. The molecule has 4 rings (SSSR count). The van der Waals surface area contributed by atoms with Crippen LogP contribution in [0.2, 0.25) is 0 Å². The molecule has 0 saturated carbocycles. The van der Waals surface area contributed by atoms with Gasteiger partial charge in [0, 0.05) is 0 Å². The van der Waals surface area contributed by atoms with Crippen LogP contribution in [0.25, 0.3) is 0 Å². The van der Waals surface area contributed by atoms with E-state index in [1.165, 1.54) is 0 Å². The highest BCUT2D eigenvalue weighted by molar-refractivity contribution is 5.27. The predicted octanol–water partition coefficient (Wildman–Crippen LogP) is 3.39. The summed E-state index contributed by atoms with van der Waals surface area (Å²) in [6.07, 6.45) is -1.54. The number of ether oxygens (including phenoxy) is 7. The largest absolute Gasteiger partial charge is 0.491 e. The van der Waals surface area contributed by atoms with Gasteiger partial charge in [0.15, 0.2) is 17.9 Å². The number of benzene rings is 1. The van der Waals surface area contributed by atoms with Crippen LogP contribution in [0.5, 0.6) is 5.75 Å². The van der Waals surface area contributed by atoms with E-state index in [-0.39, 0.29) is 30.5 Å². The molecule has 162 valence electrons. The zero-order valence-corrected chi connectivity index (χ0v) is 18.0. The molecule has 0 amide bonds. The Balaban J connectivity index is 1.44. The molecule has 7 heteroatoms. The lowest BCUT2D eigenvalue weighted by Gasteiger charge is -2.29. The van der Waals surface area contributed by atoms with Crippen LogP contribution in [0.15, 0.2) is 24.3 Å². The summed E-state index contributed by atoms with van der Waals surface area (Å²) in [6, 6.07) is 7.93. The van der Waals surface area contributed by atoms with Crippen molar-refractivity contribution in [3.8, 4) is 5.75 Å². The maximum Gasteiger partial charge on any atom is 0.190 e. The fourth-order valence-corrected chi connectivity index (χ4v) is 4.00. The van der Waals surface area contributed by atoms with E-state index in [4.69, 9.17) is 33.2 Å². The Morgan fingerprint density at radius 3 is 2.31 bits per heavy atom. The summed E-state index contributed by atoms with van der Waals surface area (Å²) in [5.41, 5.74) is 1.05. The molecule has 29 heavy (non-hydrogen) atoms. The summed E-state index contributed by atoms with van der Waals surface area (Å²) in [5.74, 6) is -0.494. The third-order valence-corrected chi connectivity index (χ3v) is 5.16. The second-order valence-electron chi connectivity index (χ2n) is 9.02. The van der Waals surface area contributed by atoms with Crippen molar-refractivity contribution in [1.29, 1.82) is 0 Å². The molecule has 1 unspecified atom stereocenters. The Labute approximate surface area is 172 Å². The third kappa shape index (κ3) is 4.76. The van der Waals surface area contributed by atoms with E-state index in [0.29, 0.717) is 13.2 Å². The summed E-state index contributed by atoms with van der Waals surface area (Å²) in [6.45, 7) is 12.5. The van der Waals surface area contributed by atoms with Crippen LogP contribution in [-0.4, -0.2) is 55.0 Å². The fraction of sp³-hybridized carbons (Fsp3) is 0.727. The molecule has 0 bridgehead atoms. The van der Waals surface area contributed by atoms with E-state index in [0.717, 1.165) is 11.3 Å². The third-order valence-electron chi connectivity index (χ3n) is 5.16. The minimum absolute atomic E-state index is 0.145. The van der Waals surface area contributed by atoms with Crippen LogP contribution in [0.1, 0.15) is 47.1 Å². The Bertz CT molecular complexity index is 700. The van der Waals surface area contributed by atoms with E-state index in [1.54, 1.807) is 0 Å². The molecule has 1 aromatic carbocycles. The SMILES string of the molecule is CC(C)Oc1ccc(CO[C@@H]2[C@H]3OC(C)(C)O[C@H]3O[C@@H]2C2COC(C)(C)O2)cc1. The molecular formula is C22H32O7. The smallest absolute Gasteiger partial charge is 0.190 e. The zero-order valence-electron chi connectivity index (χ0n) is 18.0. The van der Waals surface area contributed by atoms with E-state index in [2.05, 4.69) is 0 Å². The number of fused-ring (bicyclic) bond motifs is 1. The molecule has 0 aromatic heterocycles. The molecule has 3 fully saturated rings. The van der Waals surface area contributed by atoms with Gasteiger partial charge in [-0.05, 0) is 59.2 Å². The lowest BCUT2D eigenvalue weighted by Crippen LogP contribution is -2.44. The van der Waals surface area contributed by atoms with Crippen LogP contribution in [0.4, 0.5) is 0 Å². The molecule has 3 heterocycles.